The van der Waals surface area contributed by atoms with E-state index in [1.165, 1.54) is 0 Å². The van der Waals surface area contributed by atoms with Gasteiger partial charge in [0, 0.05) is 5.41 Å². The first-order chi connectivity index (χ1) is 7.71. The summed E-state index contributed by atoms with van der Waals surface area (Å²) < 4.78 is 5.68. The third-order valence-corrected chi connectivity index (χ3v) is 2.36. The largest absolute Gasteiger partial charge is 0.477 e. The number of anilines is 1. The fourth-order valence-electron chi connectivity index (χ4n) is 1.23. The highest BCUT2D eigenvalue weighted by atomic mass is 16.5. The molecule has 0 fully saturated rings. The van der Waals surface area contributed by atoms with Crippen LogP contribution < -0.4 is 10.5 Å². The highest BCUT2D eigenvalue weighted by Crippen LogP contribution is 2.26. The van der Waals surface area contributed by atoms with Gasteiger partial charge in [-0.1, -0.05) is 34.6 Å². The van der Waals surface area contributed by atoms with Gasteiger partial charge >= 0.3 is 0 Å². The number of ether oxygens (including phenoxy) is 1. The summed E-state index contributed by atoms with van der Waals surface area (Å²) in [5, 5.41) is 0. The standard InChI is InChI=1S/C13H23N3O/c1-8(2)7-17-11-9(3)10(14)15-12(16-11)13(4,5)6/h8H,7H2,1-6H3,(H2,14,15,16). The molecule has 0 amide bonds. The monoisotopic (exact) mass is 237 g/mol. The van der Waals surface area contributed by atoms with Gasteiger partial charge in [-0.2, -0.15) is 4.98 Å². The average molecular weight is 237 g/mol. The summed E-state index contributed by atoms with van der Waals surface area (Å²) in [4.78, 5) is 8.78. The Morgan fingerprint density at radius 2 is 1.82 bits per heavy atom. The highest BCUT2D eigenvalue weighted by Gasteiger charge is 2.21. The molecule has 1 aromatic rings. The van der Waals surface area contributed by atoms with E-state index in [0.29, 0.717) is 24.2 Å². The molecule has 2 N–H and O–H groups in total. The molecular formula is C13H23N3O. The van der Waals surface area contributed by atoms with Gasteiger partial charge < -0.3 is 10.5 Å². The van der Waals surface area contributed by atoms with Crippen LogP contribution in [0.15, 0.2) is 0 Å². The first-order valence-electron chi connectivity index (χ1n) is 5.99. The minimum Gasteiger partial charge on any atom is -0.477 e. The maximum Gasteiger partial charge on any atom is 0.221 e. The predicted molar refractivity (Wildman–Crippen MR) is 70.2 cm³/mol. The molecule has 4 heteroatoms. The third-order valence-electron chi connectivity index (χ3n) is 2.36. The number of rotatable bonds is 3. The van der Waals surface area contributed by atoms with Gasteiger partial charge in [0.1, 0.15) is 11.6 Å². The van der Waals surface area contributed by atoms with Crippen LogP contribution in [0.5, 0.6) is 5.88 Å². The second kappa shape index (κ2) is 4.90. The third kappa shape index (κ3) is 3.58. The molecule has 0 unspecified atom stereocenters. The molecule has 1 heterocycles. The van der Waals surface area contributed by atoms with E-state index in [1.807, 2.05) is 6.92 Å². The summed E-state index contributed by atoms with van der Waals surface area (Å²) in [6.45, 7) is 12.9. The Hall–Kier alpha value is -1.32. The summed E-state index contributed by atoms with van der Waals surface area (Å²) in [5.41, 5.74) is 6.58. The molecular weight excluding hydrogens is 214 g/mol. The van der Waals surface area contributed by atoms with Crippen LogP contribution >= 0.6 is 0 Å². The van der Waals surface area contributed by atoms with Crippen molar-refractivity contribution in [1.82, 2.24) is 9.97 Å². The molecule has 0 aliphatic heterocycles. The summed E-state index contributed by atoms with van der Waals surface area (Å²) >= 11 is 0. The number of nitrogen functional groups attached to an aromatic ring is 1. The van der Waals surface area contributed by atoms with Crippen molar-refractivity contribution in [2.24, 2.45) is 5.92 Å². The Kier molecular flexibility index (Phi) is 3.96. The van der Waals surface area contributed by atoms with Crippen molar-refractivity contribution in [3.8, 4) is 5.88 Å². The summed E-state index contributed by atoms with van der Waals surface area (Å²) in [7, 11) is 0. The molecule has 0 saturated carbocycles. The smallest absolute Gasteiger partial charge is 0.221 e. The zero-order valence-corrected chi connectivity index (χ0v) is 11.7. The van der Waals surface area contributed by atoms with Gasteiger partial charge in [-0.3, -0.25) is 0 Å². The Labute approximate surface area is 104 Å². The first-order valence-corrected chi connectivity index (χ1v) is 5.99. The Balaban J connectivity index is 3.07. The Morgan fingerprint density at radius 3 is 2.29 bits per heavy atom. The van der Waals surface area contributed by atoms with Crippen LogP contribution in [-0.4, -0.2) is 16.6 Å². The van der Waals surface area contributed by atoms with Crippen molar-refractivity contribution in [3.63, 3.8) is 0 Å². The van der Waals surface area contributed by atoms with Crippen LogP contribution in [0.4, 0.5) is 5.82 Å². The molecule has 96 valence electrons. The molecule has 1 rings (SSSR count). The van der Waals surface area contributed by atoms with Crippen LogP contribution in [0.2, 0.25) is 0 Å². The van der Waals surface area contributed by atoms with Crippen molar-refractivity contribution in [3.05, 3.63) is 11.4 Å². The fourth-order valence-corrected chi connectivity index (χ4v) is 1.23. The first kappa shape index (κ1) is 13.7. The Bertz CT molecular complexity index is 394. The predicted octanol–water partition coefficient (Wildman–Crippen LogP) is 2.70. The molecule has 0 aliphatic rings. The summed E-state index contributed by atoms with van der Waals surface area (Å²) in [6.07, 6.45) is 0. The van der Waals surface area contributed by atoms with Gasteiger partial charge in [0.25, 0.3) is 0 Å². The molecule has 0 radical (unpaired) electrons. The van der Waals surface area contributed by atoms with Crippen LogP contribution in [0.1, 0.15) is 46.0 Å². The lowest BCUT2D eigenvalue weighted by Gasteiger charge is -2.19. The summed E-state index contributed by atoms with van der Waals surface area (Å²) in [5.74, 6) is 2.29. The second-order valence-corrected chi connectivity index (χ2v) is 5.82. The quantitative estimate of drug-likeness (QED) is 0.878. The number of nitrogens with two attached hydrogens (primary N) is 1. The number of hydrogen-bond acceptors (Lipinski definition) is 4. The maximum absolute atomic E-state index is 5.89. The van der Waals surface area contributed by atoms with E-state index >= 15 is 0 Å². The van der Waals surface area contributed by atoms with Gasteiger partial charge in [0.05, 0.1) is 12.2 Å². The molecule has 0 atom stereocenters. The van der Waals surface area contributed by atoms with Crippen molar-refractivity contribution < 1.29 is 4.74 Å². The minimum absolute atomic E-state index is 0.127. The van der Waals surface area contributed by atoms with E-state index in [1.54, 1.807) is 0 Å². The molecule has 4 nitrogen and oxygen atoms in total. The van der Waals surface area contributed by atoms with E-state index in [4.69, 9.17) is 10.5 Å². The summed E-state index contributed by atoms with van der Waals surface area (Å²) in [6, 6.07) is 0. The van der Waals surface area contributed by atoms with E-state index < -0.39 is 0 Å². The molecule has 0 aliphatic carbocycles. The lowest BCUT2D eigenvalue weighted by Crippen LogP contribution is -2.19. The van der Waals surface area contributed by atoms with E-state index in [-0.39, 0.29) is 5.41 Å². The van der Waals surface area contributed by atoms with Gasteiger partial charge in [-0.05, 0) is 12.8 Å². The van der Waals surface area contributed by atoms with Crippen LogP contribution in [-0.2, 0) is 5.41 Å². The molecule has 0 saturated heterocycles. The van der Waals surface area contributed by atoms with Crippen molar-refractivity contribution in [1.29, 1.82) is 0 Å². The molecule has 0 spiro atoms. The molecule has 1 aromatic heterocycles. The van der Waals surface area contributed by atoms with Crippen LogP contribution in [0.25, 0.3) is 0 Å². The normalized spacial score (nSPS) is 11.9. The van der Waals surface area contributed by atoms with Gasteiger partial charge in [-0.25, -0.2) is 4.98 Å². The highest BCUT2D eigenvalue weighted by molar-refractivity contribution is 5.45. The maximum atomic E-state index is 5.89. The average Bonchev–Trinajstić information content (AvgIpc) is 2.18. The van der Waals surface area contributed by atoms with Gasteiger partial charge in [0.15, 0.2) is 0 Å². The minimum atomic E-state index is -0.127. The second-order valence-electron chi connectivity index (χ2n) is 5.82. The molecule has 0 bridgehead atoms. The van der Waals surface area contributed by atoms with Crippen LogP contribution in [0, 0.1) is 12.8 Å². The zero-order valence-electron chi connectivity index (χ0n) is 11.7. The lowest BCUT2D eigenvalue weighted by molar-refractivity contribution is 0.257. The Morgan fingerprint density at radius 1 is 1.24 bits per heavy atom. The van der Waals surface area contributed by atoms with E-state index in [9.17, 15) is 0 Å². The van der Waals surface area contributed by atoms with E-state index in [2.05, 4.69) is 44.6 Å². The van der Waals surface area contributed by atoms with Crippen LogP contribution in [0.3, 0.4) is 0 Å². The lowest BCUT2D eigenvalue weighted by atomic mass is 9.95. The fraction of sp³-hybridized carbons (Fsp3) is 0.692. The molecule has 17 heavy (non-hydrogen) atoms. The molecule has 0 aromatic carbocycles. The topological polar surface area (TPSA) is 61.0 Å². The SMILES string of the molecule is Cc1c(N)nc(C(C)(C)C)nc1OCC(C)C. The van der Waals surface area contributed by atoms with E-state index in [0.717, 1.165) is 11.4 Å². The van der Waals surface area contributed by atoms with Gasteiger partial charge in [-0.15, -0.1) is 0 Å². The van der Waals surface area contributed by atoms with Crippen molar-refractivity contribution >= 4 is 5.82 Å². The van der Waals surface area contributed by atoms with Gasteiger partial charge in [0.2, 0.25) is 5.88 Å². The zero-order chi connectivity index (χ0) is 13.2. The van der Waals surface area contributed by atoms with Crippen molar-refractivity contribution in [2.75, 3.05) is 12.3 Å². The number of aromatic nitrogens is 2. The number of nitrogens with zero attached hydrogens (tertiary/aromatic N) is 2. The van der Waals surface area contributed by atoms with Crippen molar-refractivity contribution in [2.45, 2.75) is 47.0 Å². The number of hydrogen-bond donors (Lipinski definition) is 1.